The summed E-state index contributed by atoms with van der Waals surface area (Å²) in [6.07, 6.45) is 1.59. The lowest BCUT2D eigenvalue weighted by atomic mass is 10.1. The van der Waals surface area contributed by atoms with Gasteiger partial charge in [0, 0.05) is 20.2 Å². The van der Waals surface area contributed by atoms with Crippen molar-refractivity contribution in [2.45, 2.75) is 0 Å². The molecule has 6 nitrogen and oxygen atoms in total. The Labute approximate surface area is 125 Å². The van der Waals surface area contributed by atoms with Gasteiger partial charge in [-0.2, -0.15) is 0 Å². The molecule has 0 aliphatic carbocycles. The van der Waals surface area contributed by atoms with Crippen LogP contribution in [0.4, 0.5) is 11.4 Å². The van der Waals surface area contributed by atoms with Gasteiger partial charge >= 0.3 is 0 Å². The minimum Gasteiger partial charge on any atom is -0.372 e. The van der Waals surface area contributed by atoms with Crippen molar-refractivity contribution < 1.29 is 9.72 Å². The van der Waals surface area contributed by atoms with Crippen LogP contribution in [-0.4, -0.2) is 29.2 Å². The fraction of sp³-hybridized carbons (Fsp3) is 0.167. The van der Waals surface area contributed by atoms with E-state index in [1.54, 1.807) is 37.2 Å². The van der Waals surface area contributed by atoms with Crippen LogP contribution in [0.5, 0.6) is 0 Å². The molecule has 8 heteroatoms. The van der Waals surface area contributed by atoms with E-state index in [0.29, 0.717) is 20.5 Å². The molecular weight excluding hydrogens is 298 g/mol. The van der Waals surface area contributed by atoms with Gasteiger partial charge in [-0.25, -0.2) is 0 Å². The van der Waals surface area contributed by atoms with Crippen LogP contribution in [0.3, 0.4) is 0 Å². The number of benzene rings is 1. The maximum absolute atomic E-state index is 11.6. The molecule has 1 aliphatic heterocycles. The number of nitrogens with one attached hydrogen (secondary N) is 1. The zero-order chi connectivity index (χ0) is 14.9. The molecule has 0 bridgehead atoms. The second-order valence-electron chi connectivity index (χ2n) is 4.25. The molecule has 1 amide bonds. The highest BCUT2D eigenvalue weighted by molar-refractivity contribution is 8.26. The molecule has 0 saturated carbocycles. The Morgan fingerprint density at radius 1 is 1.45 bits per heavy atom. The summed E-state index contributed by atoms with van der Waals surface area (Å²) >= 11 is 6.03. The highest BCUT2D eigenvalue weighted by atomic mass is 32.2. The minimum atomic E-state index is -0.441. The van der Waals surface area contributed by atoms with Gasteiger partial charge in [0.25, 0.3) is 11.6 Å². The Balaban J connectivity index is 2.42. The smallest absolute Gasteiger partial charge is 0.293 e. The third-order valence-corrected chi connectivity index (χ3v) is 3.78. The molecule has 1 aromatic rings. The molecule has 0 unspecified atom stereocenters. The van der Waals surface area contributed by atoms with Crippen molar-refractivity contribution >= 4 is 51.7 Å². The molecule has 1 fully saturated rings. The Morgan fingerprint density at radius 2 is 2.15 bits per heavy atom. The van der Waals surface area contributed by atoms with Crippen LogP contribution in [0.1, 0.15) is 5.56 Å². The summed E-state index contributed by atoms with van der Waals surface area (Å²) in [6.45, 7) is 0. The zero-order valence-corrected chi connectivity index (χ0v) is 12.4. The summed E-state index contributed by atoms with van der Waals surface area (Å²) in [5.41, 5.74) is 1.09. The Kier molecular flexibility index (Phi) is 4.05. The minimum absolute atomic E-state index is 0.00432. The molecular formula is C12H11N3O3S2. The molecule has 2 rings (SSSR count). The van der Waals surface area contributed by atoms with E-state index < -0.39 is 4.92 Å². The second-order valence-corrected chi connectivity index (χ2v) is 5.97. The fourth-order valence-corrected chi connectivity index (χ4v) is 2.77. The van der Waals surface area contributed by atoms with Crippen molar-refractivity contribution in [3.05, 3.63) is 38.8 Å². The Hall–Kier alpha value is -1.93. The van der Waals surface area contributed by atoms with Crippen molar-refractivity contribution in [3.63, 3.8) is 0 Å². The number of nitrogens with zero attached hydrogens (tertiary/aromatic N) is 2. The van der Waals surface area contributed by atoms with Gasteiger partial charge in [0.05, 0.1) is 9.83 Å². The standard InChI is InChI=1S/C12H11N3O3S2/c1-14(2)8-4-3-7(5-9(8)15(17)18)6-10-11(16)13-12(19)20-10/h3-6H,1-2H3,(H,13,16,19). The topological polar surface area (TPSA) is 75.5 Å². The predicted octanol–water partition coefficient (Wildman–Crippen LogP) is 2.15. The Morgan fingerprint density at radius 3 is 2.65 bits per heavy atom. The zero-order valence-electron chi connectivity index (χ0n) is 10.7. The molecule has 20 heavy (non-hydrogen) atoms. The van der Waals surface area contributed by atoms with Crippen molar-refractivity contribution in [1.29, 1.82) is 0 Å². The highest BCUT2D eigenvalue weighted by Crippen LogP contribution is 2.31. The molecule has 0 radical (unpaired) electrons. The van der Waals surface area contributed by atoms with Gasteiger partial charge in [-0.15, -0.1) is 0 Å². The molecule has 1 N–H and O–H groups in total. The summed E-state index contributed by atoms with van der Waals surface area (Å²) in [6, 6.07) is 4.82. The van der Waals surface area contributed by atoms with Crippen LogP contribution in [0.25, 0.3) is 6.08 Å². The van der Waals surface area contributed by atoms with E-state index >= 15 is 0 Å². The van der Waals surface area contributed by atoms with Crippen LogP contribution in [0.15, 0.2) is 23.1 Å². The average Bonchev–Trinajstić information content (AvgIpc) is 2.67. The molecule has 0 aromatic heterocycles. The highest BCUT2D eigenvalue weighted by Gasteiger charge is 2.23. The number of amides is 1. The molecule has 104 valence electrons. The quantitative estimate of drug-likeness (QED) is 0.399. The van der Waals surface area contributed by atoms with E-state index in [1.807, 2.05) is 0 Å². The number of nitro groups is 1. The fourth-order valence-electron chi connectivity index (χ4n) is 1.73. The lowest BCUT2D eigenvalue weighted by Crippen LogP contribution is -2.17. The van der Waals surface area contributed by atoms with Crippen molar-refractivity contribution in [1.82, 2.24) is 5.32 Å². The molecule has 0 spiro atoms. The first-order chi connectivity index (χ1) is 9.38. The van der Waals surface area contributed by atoms with Gasteiger partial charge in [0.15, 0.2) is 0 Å². The van der Waals surface area contributed by atoms with Crippen LogP contribution in [-0.2, 0) is 4.79 Å². The first-order valence-electron chi connectivity index (χ1n) is 5.59. The molecule has 1 aliphatic rings. The van der Waals surface area contributed by atoms with Gasteiger partial charge in [0.1, 0.15) is 10.0 Å². The molecule has 1 heterocycles. The van der Waals surface area contributed by atoms with Crippen LogP contribution < -0.4 is 10.2 Å². The number of thioether (sulfide) groups is 1. The first kappa shape index (κ1) is 14.5. The number of nitro benzene ring substituents is 1. The average molecular weight is 309 g/mol. The second kappa shape index (κ2) is 5.59. The molecule has 0 atom stereocenters. The van der Waals surface area contributed by atoms with Crippen LogP contribution in [0.2, 0.25) is 0 Å². The molecule has 1 aromatic carbocycles. The monoisotopic (exact) mass is 309 g/mol. The predicted molar refractivity (Wildman–Crippen MR) is 83.7 cm³/mol. The lowest BCUT2D eigenvalue weighted by molar-refractivity contribution is -0.384. The van der Waals surface area contributed by atoms with Crippen molar-refractivity contribution in [2.75, 3.05) is 19.0 Å². The normalized spacial score (nSPS) is 16.4. The van der Waals surface area contributed by atoms with E-state index in [4.69, 9.17) is 12.2 Å². The summed E-state index contributed by atoms with van der Waals surface area (Å²) in [5.74, 6) is -0.278. The summed E-state index contributed by atoms with van der Waals surface area (Å²) in [5, 5.41) is 13.6. The van der Waals surface area contributed by atoms with Gasteiger partial charge < -0.3 is 10.2 Å². The number of rotatable bonds is 3. The van der Waals surface area contributed by atoms with Crippen LogP contribution in [0, 0.1) is 10.1 Å². The Bertz CT molecular complexity index is 641. The van der Waals surface area contributed by atoms with E-state index in [9.17, 15) is 14.9 Å². The number of thiocarbonyl (C=S) groups is 1. The van der Waals surface area contributed by atoms with Crippen molar-refractivity contribution in [2.24, 2.45) is 0 Å². The van der Waals surface area contributed by atoms with Crippen molar-refractivity contribution in [3.8, 4) is 0 Å². The maximum atomic E-state index is 11.6. The largest absolute Gasteiger partial charge is 0.372 e. The number of hydrogen-bond donors (Lipinski definition) is 1. The third kappa shape index (κ3) is 2.97. The maximum Gasteiger partial charge on any atom is 0.293 e. The number of hydrogen-bond acceptors (Lipinski definition) is 6. The van der Waals surface area contributed by atoms with E-state index in [0.717, 1.165) is 11.8 Å². The van der Waals surface area contributed by atoms with E-state index in [-0.39, 0.29) is 11.6 Å². The summed E-state index contributed by atoms with van der Waals surface area (Å²) < 4.78 is 0.390. The van der Waals surface area contributed by atoms with E-state index in [2.05, 4.69) is 5.32 Å². The lowest BCUT2D eigenvalue weighted by Gasteiger charge is -2.12. The van der Waals surface area contributed by atoms with E-state index in [1.165, 1.54) is 6.07 Å². The SMILES string of the molecule is CN(C)c1ccc(C=C2SC(=S)NC2=O)cc1[N+](=O)[O-]. The van der Waals surface area contributed by atoms with Gasteiger partial charge in [0.2, 0.25) is 0 Å². The van der Waals surface area contributed by atoms with Gasteiger partial charge in [-0.1, -0.05) is 30.0 Å². The third-order valence-electron chi connectivity index (χ3n) is 2.62. The summed E-state index contributed by atoms with van der Waals surface area (Å²) in [4.78, 5) is 24.3. The first-order valence-corrected chi connectivity index (χ1v) is 6.81. The number of anilines is 1. The molecule has 1 saturated heterocycles. The van der Waals surface area contributed by atoms with Gasteiger partial charge in [-0.05, 0) is 17.7 Å². The van der Waals surface area contributed by atoms with Crippen LogP contribution >= 0.6 is 24.0 Å². The van der Waals surface area contributed by atoms with Gasteiger partial charge in [-0.3, -0.25) is 14.9 Å². The number of carbonyl (C=O) groups is 1. The summed E-state index contributed by atoms with van der Waals surface area (Å²) in [7, 11) is 3.47. The number of carbonyl (C=O) groups excluding carboxylic acids is 1.